The normalized spacial score (nSPS) is 14.8. The maximum Gasteiger partial charge on any atom is 0.296 e. The van der Waals surface area contributed by atoms with Gasteiger partial charge in [-0.05, 0) is 25.2 Å². The standard InChI is InChI=1S/C9H8N2O4S/c1-10-16(14,15)5-2-3-7-6(4-5)8(12)9(13)11-7/h2-4,10H,1H3,(H,11,12,13). The van der Waals surface area contributed by atoms with Gasteiger partial charge < -0.3 is 5.32 Å². The lowest BCUT2D eigenvalue weighted by Crippen LogP contribution is -2.18. The highest BCUT2D eigenvalue weighted by molar-refractivity contribution is 7.89. The number of hydrogen-bond donors (Lipinski definition) is 2. The minimum absolute atomic E-state index is 0.0430. The van der Waals surface area contributed by atoms with Crippen molar-refractivity contribution in [3.63, 3.8) is 0 Å². The number of anilines is 1. The van der Waals surface area contributed by atoms with E-state index in [9.17, 15) is 18.0 Å². The van der Waals surface area contributed by atoms with E-state index in [1.54, 1.807) is 0 Å². The Balaban J connectivity index is 2.58. The summed E-state index contributed by atoms with van der Waals surface area (Å²) in [5.74, 6) is -1.46. The van der Waals surface area contributed by atoms with E-state index in [4.69, 9.17) is 0 Å². The van der Waals surface area contributed by atoms with Crippen molar-refractivity contribution in [3.8, 4) is 0 Å². The van der Waals surface area contributed by atoms with E-state index < -0.39 is 21.7 Å². The predicted molar refractivity (Wildman–Crippen MR) is 55.6 cm³/mol. The number of Topliss-reactive ketones (excluding diaryl/α,β-unsaturated/α-hetero) is 1. The van der Waals surface area contributed by atoms with Gasteiger partial charge in [-0.25, -0.2) is 13.1 Å². The zero-order chi connectivity index (χ0) is 11.9. The maximum absolute atomic E-state index is 11.5. The molecule has 1 heterocycles. The molecule has 0 spiro atoms. The van der Waals surface area contributed by atoms with Gasteiger partial charge in [0.25, 0.3) is 11.7 Å². The Morgan fingerprint density at radius 1 is 1.25 bits per heavy atom. The van der Waals surface area contributed by atoms with Crippen molar-refractivity contribution in [2.24, 2.45) is 0 Å². The third-order valence-corrected chi connectivity index (χ3v) is 3.68. The average molecular weight is 240 g/mol. The summed E-state index contributed by atoms with van der Waals surface area (Å²) in [7, 11) is -2.33. The number of sulfonamides is 1. The first kappa shape index (κ1) is 10.8. The molecule has 0 bridgehead atoms. The number of benzene rings is 1. The molecule has 0 unspecified atom stereocenters. The zero-order valence-corrected chi connectivity index (χ0v) is 9.09. The first-order valence-corrected chi connectivity index (χ1v) is 5.87. The van der Waals surface area contributed by atoms with Crippen LogP contribution in [0.3, 0.4) is 0 Å². The molecule has 0 saturated heterocycles. The average Bonchev–Trinajstić information content (AvgIpc) is 2.55. The molecule has 1 aliphatic rings. The second-order valence-corrected chi connectivity index (χ2v) is 5.08. The zero-order valence-electron chi connectivity index (χ0n) is 8.27. The van der Waals surface area contributed by atoms with Gasteiger partial charge in [-0.15, -0.1) is 0 Å². The van der Waals surface area contributed by atoms with E-state index in [1.165, 1.54) is 25.2 Å². The Morgan fingerprint density at radius 2 is 1.94 bits per heavy atom. The summed E-state index contributed by atoms with van der Waals surface area (Å²) in [4.78, 5) is 22.3. The molecule has 2 N–H and O–H groups in total. The molecule has 1 amide bonds. The number of carbonyl (C=O) groups excluding carboxylic acids is 2. The van der Waals surface area contributed by atoms with E-state index in [-0.39, 0.29) is 10.5 Å². The molecule has 1 aromatic rings. The van der Waals surface area contributed by atoms with Gasteiger partial charge >= 0.3 is 0 Å². The number of nitrogens with one attached hydrogen (secondary N) is 2. The summed E-state index contributed by atoms with van der Waals surface area (Å²) in [5.41, 5.74) is 0.423. The van der Waals surface area contributed by atoms with E-state index in [1.807, 2.05) is 0 Å². The van der Waals surface area contributed by atoms with E-state index in [0.29, 0.717) is 5.69 Å². The lowest BCUT2D eigenvalue weighted by molar-refractivity contribution is -0.112. The fourth-order valence-corrected chi connectivity index (χ4v) is 2.16. The maximum atomic E-state index is 11.5. The number of rotatable bonds is 2. The Morgan fingerprint density at radius 3 is 2.56 bits per heavy atom. The smallest absolute Gasteiger partial charge is 0.296 e. The van der Waals surface area contributed by atoms with Crippen molar-refractivity contribution in [2.45, 2.75) is 4.90 Å². The van der Waals surface area contributed by atoms with Crippen LogP contribution in [-0.2, 0) is 14.8 Å². The minimum atomic E-state index is -3.60. The van der Waals surface area contributed by atoms with Crippen LogP contribution in [0.15, 0.2) is 23.1 Å². The van der Waals surface area contributed by atoms with Gasteiger partial charge in [0.05, 0.1) is 16.1 Å². The van der Waals surface area contributed by atoms with Gasteiger partial charge in [0, 0.05) is 0 Å². The number of carbonyl (C=O) groups is 2. The van der Waals surface area contributed by atoms with Gasteiger partial charge in [0.15, 0.2) is 0 Å². The lowest BCUT2D eigenvalue weighted by atomic mass is 10.1. The summed E-state index contributed by atoms with van der Waals surface area (Å²) in [6, 6.07) is 3.90. The van der Waals surface area contributed by atoms with Crippen LogP contribution in [0.1, 0.15) is 10.4 Å². The first-order valence-electron chi connectivity index (χ1n) is 4.39. The molecule has 0 fully saturated rings. The number of hydrogen-bond acceptors (Lipinski definition) is 4. The summed E-state index contributed by atoms with van der Waals surface area (Å²) < 4.78 is 25.1. The number of fused-ring (bicyclic) bond motifs is 1. The summed E-state index contributed by atoms with van der Waals surface area (Å²) in [6.45, 7) is 0. The second kappa shape index (κ2) is 3.39. The SMILES string of the molecule is CNS(=O)(=O)c1ccc2c(c1)C(=O)C(=O)N2. The molecule has 7 heteroatoms. The van der Waals surface area contributed by atoms with Crippen LogP contribution in [0.5, 0.6) is 0 Å². The molecule has 0 atom stereocenters. The quantitative estimate of drug-likeness (QED) is 0.696. The van der Waals surface area contributed by atoms with E-state index in [0.717, 1.165) is 0 Å². The van der Waals surface area contributed by atoms with Crippen LogP contribution >= 0.6 is 0 Å². The number of amides is 1. The lowest BCUT2D eigenvalue weighted by Gasteiger charge is -2.03. The molecule has 6 nitrogen and oxygen atoms in total. The summed E-state index contributed by atoms with van der Waals surface area (Å²) in [5, 5.41) is 2.34. The molecule has 0 aliphatic carbocycles. The molecule has 0 aromatic heterocycles. The molecule has 1 aliphatic heterocycles. The Labute approximate surface area is 91.7 Å². The van der Waals surface area contributed by atoms with Crippen molar-refractivity contribution < 1.29 is 18.0 Å². The highest BCUT2D eigenvalue weighted by Gasteiger charge is 2.29. The topological polar surface area (TPSA) is 92.3 Å². The summed E-state index contributed by atoms with van der Waals surface area (Å²) >= 11 is 0. The Kier molecular flexibility index (Phi) is 2.28. The molecule has 84 valence electrons. The van der Waals surface area contributed by atoms with Crippen molar-refractivity contribution >= 4 is 27.4 Å². The molecule has 2 rings (SSSR count). The molecular weight excluding hydrogens is 232 g/mol. The van der Waals surface area contributed by atoms with E-state index in [2.05, 4.69) is 10.0 Å². The Bertz CT molecular complexity index is 592. The van der Waals surface area contributed by atoms with Crippen LogP contribution in [0.25, 0.3) is 0 Å². The molecule has 1 aromatic carbocycles. The molecule has 0 saturated carbocycles. The van der Waals surface area contributed by atoms with Crippen LogP contribution in [0, 0.1) is 0 Å². The fourth-order valence-electron chi connectivity index (χ4n) is 1.41. The predicted octanol–water partition coefficient (Wildman–Crippen LogP) is -0.271. The molecule has 0 radical (unpaired) electrons. The van der Waals surface area contributed by atoms with Crippen molar-refractivity contribution in [1.29, 1.82) is 0 Å². The minimum Gasteiger partial charge on any atom is -0.318 e. The fraction of sp³-hybridized carbons (Fsp3) is 0.111. The van der Waals surface area contributed by atoms with Crippen molar-refractivity contribution in [1.82, 2.24) is 4.72 Å². The monoisotopic (exact) mass is 240 g/mol. The van der Waals surface area contributed by atoms with Gasteiger partial charge in [-0.3, -0.25) is 9.59 Å². The van der Waals surface area contributed by atoms with Crippen molar-refractivity contribution in [2.75, 3.05) is 12.4 Å². The van der Waals surface area contributed by atoms with Crippen molar-refractivity contribution in [3.05, 3.63) is 23.8 Å². The third kappa shape index (κ3) is 1.50. The largest absolute Gasteiger partial charge is 0.318 e. The summed E-state index contributed by atoms with van der Waals surface area (Å²) in [6.07, 6.45) is 0. The molecule has 16 heavy (non-hydrogen) atoms. The molecular formula is C9H8N2O4S. The van der Waals surface area contributed by atoms with Gasteiger partial charge in [0.2, 0.25) is 10.0 Å². The van der Waals surface area contributed by atoms with Gasteiger partial charge in [-0.2, -0.15) is 0 Å². The first-order chi connectivity index (χ1) is 7.45. The van der Waals surface area contributed by atoms with Crippen LogP contribution < -0.4 is 10.0 Å². The number of ketones is 1. The highest BCUT2D eigenvalue weighted by atomic mass is 32.2. The second-order valence-electron chi connectivity index (χ2n) is 3.20. The Hall–Kier alpha value is -1.73. The van der Waals surface area contributed by atoms with Gasteiger partial charge in [-0.1, -0.05) is 0 Å². The third-order valence-electron chi connectivity index (χ3n) is 2.27. The van der Waals surface area contributed by atoms with Crippen LogP contribution in [-0.4, -0.2) is 27.2 Å². The van der Waals surface area contributed by atoms with E-state index >= 15 is 0 Å². The van der Waals surface area contributed by atoms with Gasteiger partial charge in [0.1, 0.15) is 0 Å². The van der Waals surface area contributed by atoms with Crippen LogP contribution in [0.2, 0.25) is 0 Å². The van der Waals surface area contributed by atoms with Crippen LogP contribution in [0.4, 0.5) is 5.69 Å². The highest BCUT2D eigenvalue weighted by Crippen LogP contribution is 2.25.